The van der Waals surface area contributed by atoms with Crippen LogP contribution in [0.15, 0.2) is 30.5 Å². The number of hydrogen-bond donors (Lipinski definition) is 3. The van der Waals surface area contributed by atoms with Gasteiger partial charge in [0.1, 0.15) is 12.4 Å². The van der Waals surface area contributed by atoms with Gasteiger partial charge in [0.15, 0.2) is 5.82 Å². The smallest absolute Gasteiger partial charge is 0.298 e. The Morgan fingerprint density at radius 2 is 2.09 bits per heavy atom. The molecule has 7 nitrogen and oxygen atoms in total. The molecule has 4 rings (SSSR count). The summed E-state index contributed by atoms with van der Waals surface area (Å²) in [6.45, 7) is 3.11. The van der Waals surface area contributed by atoms with Crippen LogP contribution >= 0.6 is 0 Å². The molecule has 170 valence electrons. The molecule has 0 radical (unpaired) electrons. The fourth-order valence-electron chi connectivity index (χ4n) is 3.94. The second-order valence-electron chi connectivity index (χ2n) is 8.05. The van der Waals surface area contributed by atoms with E-state index in [0.29, 0.717) is 41.9 Å². The Balaban J connectivity index is 1.70. The topological polar surface area (TPSA) is 94.4 Å². The van der Waals surface area contributed by atoms with Crippen LogP contribution in [-0.4, -0.2) is 51.2 Å². The zero-order chi connectivity index (χ0) is 23.0. The van der Waals surface area contributed by atoms with Gasteiger partial charge >= 0.3 is 0 Å². The number of rotatable bonds is 6. The van der Waals surface area contributed by atoms with Crippen LogP contribution in [0.25, 0.3) is 10.9 Å². The van der Waals surface area contributed by atoms with Crippen LogP contribution in [0.3, 0.4) is 0 Å². The Morgan fingerprint density at radius 3 is 2.78 bits per heavy atom. The SMILES string of the molecule is Cc1nnc(N[C@H](C)c2cccc(C(F)(F)CO)c2F)c2cc(N3CC[C@@H](O)C3)cnc12. The number of aryl methyl sites for hydroxylation is 1. The Morgan fingerprint density at radius 1 is 1.31 bits per heavy atom. The molecule has 0 amide bonds. The molecule has 0 aliphatic carbocycles. The molecule has 3 aromatic rings. The van der Waals surface area contributed by atoms with Gasteiger partial charge in [0.05, 0.1) is 40.8 Å². The lowest BCUT2D eigenvalue weighted by atomic mass is 10.00. The highest BCUT2D eigenvalue weighted by Gasteiger charge is 2.35. The van der Waals surface area contributed by atoms with Gasteiger partial charge in [-0.1, -0.05) is 12.1 Å². The van der Waals surface area contributed by atoms with E-state index in [2.05, 4.69) is 20.5 Å². The van der Waals surface area contributed by atoms with E-state index in [9.17, 15) is 18.3 Å². The van der Waals surface area contributed by atoms with Gasteiger partial charge in [-0.3, -0.25) is 4.98 Å². The lowest BCUT2D eigenvalue weighted by Crippen LogP contribution is -2.22. The van der Waals surface area contributed by atoms with Crippen molar-refractivity contribution in [3.05, 3.63) is 53.1 Å². The highest BCUT2D eigenvalue weighted by atomic mass is 19.3. The van der Waals surface area contributed by atoms with Crippen LogP contribution in [-0.2, 0) is 5.92 Å². The minimum absolute atomic E-state index is 0.0120. The van der Waals surface area contributed by atoms with Gasteiger partial charge in [-0.05, 0) is 32.4 Å². The van der Waals surface area contributed by atoms with Gasteiger partial charge in [-0.15, -0.1) is 5.10 Å². The van der Waals surface area contributed by atoms with Crippen LogP contribution in [0.2, 0.25) is 0 Å². The van der Waals surface area contributed by atoms with E-state index in [0.717, 1.165) is 11.8 Å². The average Bonchev–Trinajstić information content (AvgIpc) is 3.21. The minimum atomic E-state index is -3.69. The number of β-amino-alcohol motifs (C(OH)–C–C–N with tert-alkyl or cyclic N) is 1. The molecule has 0 bridgehead atoms. The molecule has 2 aromatic heterocycles. The van der Waals surface area contributed by atoms with Crippen molar-refractivity contribution in [1.82, 2.24) is 15.2 Å². The van der Waals surface area contributed by atoms with Crippen molar-refractivity contribution < 1.29 is 23.4 Å². The molecule has 1 aromatic carbocycles. The Labute approximate surface area is 182 Å². The number of hydrogen-bond acceptors (Lipinski definition) is 7. The predicted octanol–water partition coefficient (Wildman–Crippen LogP) is 3.30. The van der Waals surface area contributed by atoms with Crippen LogP contribution in [0.4, 0.5) is 24.7 Å². The van der Waals surface area contributed by atoms with E-state index >= 15 is 0 Å². The number of anilines is 2. The fraction of sp³-hybridized carbons (Fsp3) is 0.409. The van der Waals surface area contributed by atoms with Crippen LogP contribution in [0.1, 0.15) is 36.2 Å². The number of fused-ring (bicyclic) bond motifs is 1. The predicted molar refractivity (Wildman–Crippen MR) is 114 cm³/mol. The van der Waals surface area contributed by atoms with Gasteiger partial charge in [0.25, 0.3) is 5.92 Å². The summed E-state index contributed by atoms with van der Waals surface area (Å²) in [5.74, 6) is -4.43. The molecule has 0 unspecified atom stereocenters. The first-order valence-corrected chi connectivity index (χ1v) is 10.3. The number of halogens is 3. The summed E-state index contributed by atoms with van der Waals surface area (Å²) in [4.78, 5) is 6.51. The maximum atomic E-state index is 14.9. The summed E-state index contributed by atoms with van der Waals surface area (Å²) in [5.41, 5.74) is 1.19. The molecule has 1 saturated heterocycles. The van der Waals surface area contributed by atoms with Crippen molar-refractivity contribution in [2.24, 2.45) is 0 Å². The first-order valence-electron chi connectivity index (χ1n) is 10.3. The zero-order valence-corrected chi connectivity index (χ0v) is 17.7. The van der Waals surface area contributed by atoms with Crippen molar-refractivity contribution in [1.29, 1.82) is 0 Å². The first-order chi connectivity index (χ1) is 15.2. The molecule has 0 saturated carbocycles. The standard InChI is InChI=1S/C22H24F3N5O2/c1-12(16-4-3-5-18(19(16)23)22(24,25)11-31)27-21-17-8-14(30-7-6-15(32)10-30)9-26-20(17)13(2)28-29-21/h3-5,8-9,12,15,31-32H,6-7,10-11H2,1-2H3,(H,27,29)/t12-,15-/m1/s1. The molecule has 0 spiro atoms. The number of pyridine rings is 1. The molecule has 32 heavy (non-hydrogen) atoms. The maximum Gasteiger partial charge on any atom is 0.298 e. The molecule has 1 aliphatic heterocycles. The van der Waals surface area contributed by atoms with Gasteiger partial charge in [0.2, 0.25) is 0 Å². The fourth-order valence-corrected chi connectivity index (χ4v) is 3.94. The number of nitrogens with zero attached hydrogens (tertiary/aromatic N) is 4. The molecule has 1 fully saturated rings. The summed E-state index contributed by atoms with van der Waals surface area (Å²) in [6, 6.07) is 4.85. The van der Waals surface area contributed by atoms with Crippen molar-refractivity contribution in [3.8, 4) is 0 Å². The molecule has 1 aliphatic rings. The lowest BCUT2D eigenvalue weighted by molar-refractivity contribution is -0.0583. The second-order valence-corrected chi connectivity index (χ2v) is 8.05. The second kappa shape index (κ2) is 8.51. The van der Waals surface area contributed by atoms with Gasteiger partial charge in [-0.2, -0.15) is 13.9 Å². The van der Waals surface area contributed by atoms with Gasteiger partial charge in [-0.25, -0.2) is 4.39 Å². The van der Waals surface area contributed by atoms with E-state index in [1.54, 1.807) is 20.0 Å². The molecular formula is C22H24F3N5O2. The van der Waals surface area contributed by atoms with Crippen molar-refractivity contribution in [2.75, 3.05) is 29.9 Å². The van der Waals surface area contributed by atoms with E-state index in [-0.39, 0.29) is 5.56 Å². The molecule has 3 N–H and O–H groups in total. The van der Waals surface area contributed by atoms with Gasteiger partial charge < -0.3 is 20.4 Å². The van der Waals surface area contributed by atoms with Crippen molar-refractivity contribution in [3.63, 3.8) is 0 Å². The normalized spacial score (nSPS) is 17.7. The van der Waals surface area contributed by atoms with Gasteiger partial charge in [0, 0.05) is 24.0 Å². The Kier molecular flexibility index (Phi) is 5.91. The minimum Gasteiger partial charge on any atom is -0.391 e. The van der Waals surface area contributed by atoms with E-state index < -0.39 is 36.1 Å². The van der Waals surface area contributed by atoms with Crippen LogP contribution in [0, 0.1) is 12.7 Å². The number of benzene rings is 1. The summed E-state index contributed by atoms with van der Waals surface area (Å²) in [7, 11) is 0. The van der Waals surface area contributed by atoms with Crippen molar-refractivity contribution >= 4 is 22.4 Å². The third-order valence-electron chi connectivity index (χ3n) is 5.74. The number of nitrogens with one attached hydrogen (secondary N) is 1. The Hall–Kier alpha value is -2.98. The summed E-state index contributed by atoms with van der Waals surface area (Å²) in [5, 5.41) is 30.8. The quantitative estimate of drug-likeness (QED) is 0.534. The monoisotopic (exact) mass is 447 g/mol. The highest BCUT2D eigenvalue weighted by Crippen LogP contribution is 2.34. The summed E-state index contributed by atoms with van der Waals surface area (Å²) in [6.07, 6.45) is 1.98. The molecule has 10 heteroatoms. The molecule has 2 atom stereocenters. The Bertz CT molecular complexity index is 1140. The molecular weight excluding hydrogens is 423 g/mol. The third kappa shape index (κ3) is 4.07. The summed E-state index contributed by atoms with van der Waals surface area (Å²) < 4.78 is 42.7. The van der Waals surface area contributed by atoms with Crippen LogP contribution < -0.4 is 10.2 Å². The van der Waals surface area contributed by atoms with Crippen molar-refractivity contribution in [2.45, 2.75) is 38.3 Å². The van der Waals surface area contributed by atoms with E-state index in [4.69, 9.17) is 5.11 Å². The molecule has 3 heterocycles. The zero-order valence-electron chi connectivity index (χ0n) is 17.7. The first kappa shape index (κ1) is 22.2. The number of aliphatic hydroxyl groups is 2. The summed E-state index contributed by atoms with van der Waals surface area (Å²) >= 11 is 0. The highest BCUT2D eigenvalue weighted by molar-refractivity contribution is 5.92. The van der Waals surface area contributed by atoms with E-state index in [1.165, 1.54) is 12.1 Å². The lowest BCUT2D eigenvalue weighted by Gasteiger charge is -2.21. The number of aromatic nitrogens is 3. The average molecular weight is 447 g/mol. The van der Waals surface area contributed by atoms with E-state index in [1.807, 2.05) is 11.0 Å². The number of aliphatic hydroxyl groups excluding tert-OH is 2. The largest absolute Gasteiger partial charge is 0.391 e. The van der Waals surface area contributed by atoms with Crippen LogP contribution in [0.5, 0.6) is 0 Å². The maximum absolute atomic E-state index is 14.9. The third-order valence-corrected chi connectivity index (χ3v) is 5.74. The number of alkyl halides is 2.